The number of pyridine rings is 1. The zero-order chi connectivity index (χ0) is 20.5. The van der Waals surface area contributed by atoms with E-state index in [0.717, 1.165) is 6.20 Å². The van der Waals surface area contributed by atoms with Crippen LogP contribution in [0.25, 0.3) is 0 Å². The number of amides is 1. The van der Waals surface area contributed by atoms with Crippen molar-refractivity contribution in [3.8, 4) is 0 Å². The molecule has 28 heavy (non-hydrogen) atoms. The highest BCUT2D eigenvalue weighted by Crippen LogP contribution is 2.41. The van der Waals surface area contributed by atoms with E-state index in [2.05, 4.69) is 10.3 Å². The summed E-state index contributed by atoms with van der Waals surface area (Å²) in [7, 11) is 0. The van der Waals surface area contributed by atoms with Crippen LogP contribution in [-0.4, -0.2) is 21.6 Å². The molecule has 1 aliphatic rings. The minimum Gasteiger partial charge on any atom is -0.387 e. The Kier molecular flexibility index (Phi) is 5.63. The smallest absolute Gasteiger partial charge is 0.387 e. The Morgan fingerprint density at radius 1 is 1.25 bits per heavy atom. The lowest BCUT2D eigenvalue weighted by atomic mass is 9.86. The van der Waals surface area contributed by atoms with Gasteiger partial charge >= 0.3 is 6.18 Å². The number of hydrogen-bond acceptors (Lipinski definition) is 3. The third-order valence-electron chi connectivity index (χ3n) is 4.87. The van der Waals surface area contributed by atoms with Crippen molar-refractivity contribution in [2.75, 3.05) is 0 Å². The van der Waals surface area contributed by atoms with Crippen LogP contribution < -0.4 is 5.32 Å². The van der Waals surface area contributed by atoms with Crippen LogP contribution in [0.2, 0.25) is 5.02 Å². The molecule has 9 heteroatoms. The Hall–Kier alpha value is -2.19. The highest BCUT2D eigenvalue weighted by Gasteiger charge is 2.42. The minimum atomic E-state index is -4.75. The molecule has 0 saturated heterocycles. The molecule has 1 unspecified atom stereocenters. The molecule has 0 aliphatic heterocycles. The number of alkyl halides is 3. The zero-order valence-electron chi connectivity index (χ0n) is 14.6. The van der Waals surface area contributed by atoms with Crippen LogP contribution >= 0.6 is 11.6 Å². The maximum absolute atomic E-state index is 13.7. The quantitative estimate of drug-likeness (QED) is 0.712. The summed E-state index contributed by atoms with van der Waals surface area (Å²) >= 11 is 5.77. The van der Waals surface area contributed by atoms with Crippen LogP contribution in [0, 0.1) is 5.82 Å². The van der Waals surface area contributed by atoms with Crippen molar-refractivity contribution in [3.63, 3.8) is 0 Å². The number of aliphatic hydroxyl groups is 1. The Bertz CT molecular complexity index is 882. The van der Waals surface area contributed by atoms with Crippen LogP contribution in [0.15, 0.2) is 36.5 Å². The summed E-state index contributed by atoms with van der Waals surface area (Å²) in [6.07, 6.45) is -1.77. The third-order valence-corrected chi connectivity index (χ3v) is 5.26. The number of rotatable bonds is 4. The summed E-state index contributed by atoms with van der Waals surface area (Å²) in [4.78, 5) is 16.3. The molecule has 4 nitrogen and oxygen atoms in total. The lowest BCUT2D eigenvalue weighted by Gasteiger charge is -2.33. The normalized spacial score (nSPS) is 17.4. The van der Waals surface area contributed by atoms with Crippen molar-refractivity contribution in [1.82, 2.24) is 10.3 Å². The summed E-state index contributed by atoms with van der Waals surface area (Å²) in [6, 6.07) is 5.00. The molecule has 150 valence electrons. The Labute approximate surface area is 163 Å². The van der Waals surface area contributed by atoms with E-state index in [4.69, 9.17) is 11.6 Å². The van der Waals surface area contributed by atoms with E-state index < -0.39 is 45.8 Å². The third kappa shape index (κ3) is 4.12. The number of carbonyl (C=O) groups is 1. The molecule has 1 aromatic carbocycles. The van der Waals surface area contributed by atoms with Crippen molar-refractivity contribution in [2.24, 2.45) is 0 Å². The fraction of sp³-hybridized carbons (Fsp3) is 0.368. The molecule has 1 fully saturated rings. The molecule has 3 rings (SSSR count). The molecule has 1 amide bonds. The molecule has 1 aromatic heterocycles. The minimum absolute atomic E-state index is 0.306. The van der Waals surface area contributed by atoms with Crippen LogP contribution in [0.3, 0.4) is 0 Å². The molecule has 1 aliphatic carbocycles. The van der Waals surface area contributed by atoms with Gasteiger partial charge in [0.1, 0.15) is 11.5 Å². The van der Waals surface area contributed by atoms with Crippen LogP contribution in [0.1, 0.15) is 53.3 Å². The van der Waals surface area contributed by atoms with Gasteiger partial charge in [-0.1, -0.05) is 36.6 Å². The van der Waals surface area contributed by atoms with E-state index >= 15 is 0 Å². The molecule has 1 atom stereocenters. The second kappa shape index (κ2) is 7.67. The van der Waals surface area contributed by atoms with Crippen molar-refractivity contribution in [3.05, 3.63) is 64.2 Å². The standard InChI is InChI=1S/C19H17ClF4N2O2/c20-14-13(19(22,23)24)6-9-25-15(14)17(27)26-16(18(28)7-1-2-8-18)11-4-3-5-12(21)10-11/h3-6,9-10,16,28H,1-2,7-8H2,(H,26,27). The van der Waals surface area contributed by atoms with Gasteiger partial charge in [0.2, 0.25) is 0 Å². The number of carbonyl (C=O) groups excluding carboxylic acids is 1. The molecule has 0 radical (unpaired) electrons. The second-order valence-electron chi connectivity index (χ2n) is 6.79. The summed E-state index contributed by atoms with van der Waals surface area (Å²) in [5.41, 5.74) is -2.84. The van der Waals surface area contributed by atoms with E-state index in [1.807, 2.05) is 0 Å². The van der Waals surface area contributed by atoms with Gasteiger partial charge in [-0.15, -0.1) is 0 Å². The van der Waals surface area contributed by atoms with Crippen LogP contribution in [-0.2, 0) is 6.18 Å². The van der Waals surface area contributed by atoms with Gasteiger partial charge in [-0.25, -0.2) is 9.37 Å². The van der Waals surface area contributed by atoms with Gasteiger partial charge in [0.25, 0.3) is 5.91 Å². The summed E-state index contributed by atoms with van der Waals surface area (Å²) in [5.74, 6) is -1.54. The highest BCUT2D eigenvalue weighted by molar-refractivity contribution is 6.34. The lowest BCUT2D eigenvalue weighted by molar-refractivity contribution is -0.137. The van der Waals surface area contributed by atoms with E-state index in [0.29, 0.717) is 37.3 Å². The predicted octanol–water partition coefficient (Wildman–Crippen LogP) is 4.67. The van der Waals surface area contributed by atoms with E-state index in [9.17, 15) is 27.5 Å². The number of benzene rings is 1. The molecule has 2 aromatic rings. The first kappa shape index (κ1) is 20.5. The first-order valence-electron chi connectivity index (χ1n) is 8.62. The van der Waals surface area contributed by atoms with Gasteiger partial charge in [-0.05, 0) is 36.6 Å². The Morgan fingerprint density at radius 3 is 2.54 bits per heavy atom. The SMILES string of the molecule is O=C(NC(c1cccc(F)c1)C1(O)CCCC1)c1nccc(C(F)(F)F)c1Cl. The van der Waals surface area contributed by atoms with Crippen molar-refractivity contribution >= 4 is 17.5 Å². The maximum atomic E-state index is 13.7. The van der Waals surface area contributed by atoms with Crippen LogP contribution in [0.4, 0.5) is 17.6 Å². The molecule has 1 saturated carbocycles. The Balaban J connectivity index is 1.97. The van der Waals surface area contributed by atoms with Gasteiger partial charge < -0.3 is 10.4 Å². The van der Waals surface area contributed by atoms with Crippen molar-refractivity contribution < 1.29 is 27.5 Å². The number of aromatic nitrogens is 1. The molecule has 2 N–H and O–H groups in total. The molecule has 1 heterocycles. The summed E-state index contributed by atoms with van der Waals surface area (Å²) < 4.78 is 52.8. The first-order valence-corrected chi connectivity index (χ1v) is 9.00. The number of halogens is 5. The zero-order valence-corrected chi connectivity index (χ0v) is 15.3. The maximum Gasteiger partial charge on any atom is 0.417 e. The lowest BCUT2D eigenvalue weighted by Crippen LogP contribution is -2.44. The van der Waals surface area contributed by atoms with Crippen LogP contribution in [0.5, 0.6) is 0 Å². The van der Waals surface area contributed by atoms with E-state index in [1.54, 1.807) is 0 Å². The molecular weight excluding hydrogens is 400 g/mol. The predicted molar refractivity (Wildman–Crippen MR) is 94.3 cm³/mol. The summed E-state index contributed by atoms with van der Waals surface area (Å²) in [5, 5.41) is 12.7. The van der Waals surface area contributed by atoms with E-state index in [-0.39, 0.29) is 0 Å². The summed E-state index contributed by atoms with van der Waals surface area (Å²) in [6.45, 7) is 0. The topological polar surface area (TPSA) is 62.2 Å². The molecular formula is C19H17ClF4N2O2. The van der Waals surface area contributed by atoms with Crippen molar-refractivity contribution in [1.29, 1.82) is 0 Å². The number of nitrogens with zero attached hydrogens (tertiary/aromatic N) is 1. The fourth-order valence-electron chi connectivity index (χ4n) is 3.51. The van der Waals surface area contributed by atoms with Gasteiger partial charge in [0, 0.05) is 6.20 Å². The number of nitrogens with one attached hydrogen (secondary N) is 1. The first-order chi connectivity index (χ1) is 13.1. The second-order valence-corrected chi connectivity index (χ2v) is 7.17. The Morgan fingerprint density at radius 2 is 1.93 bits per heavy atom. The molecule has 0 spiro atoms. The average molecular weight is 417 g/mol. The van der Waals surface area contributed by atoms with Gasteiger partial charge in [0.15, 0.2) is 0 Å². The van der Waals surface area contributed by atoms with Gasteiger partial charge in [-0.3, -0.25) is 4.79 Å². The number of hydrogen-bond donors (Lipinski definition) is 2. The van der Waals surface area contributed by atoms with Gasteiger partial charge in [0.05, 0.1) is 22.2 Å². The van der Waals surface area contributed by atoms with Gasteiger partial charge in [-0.2, -0.15) is 13.2 Å². The van der Waals surface area contributed by atoms with E-state index in [1.165, 1.54) is 24.3 Å². The highest BCUT2D eigenvalue weighted by atomic mass is 35.5. The largest absolute Gasteiger partial charge is 0.417 e. The monoisotopic (exact) mass is 416 g/mol. The average Bonchev–Trinajstić information content (AvgIpc) is 3.06. The van der Waals surface area contributed by atoms with Crippen molar-refractivity contribution in [2.45, 2.75) is 43.5 Å². The fourth-order valence-corrected chi connectivity index (χ4v) is 3.82. The molecule has 0 bridgehead atoms.